The number of hydrogen-bond acceptors (Lipinski definition) is 11. The van der Waals surface area contributed by atoms with E-state index in [1.165, 1.54) is 4.90 Å². The molecule has 43 heavy (non-hydrogen) atoms. The predicted octanol–water partition coefficient (Wildman–Crippen LogP) is 4.43. The molecule has 0 saturated carbocycles. The Labute approximate surface area is 251 Å². The quantitative estimate of drug-likeness (QED) is 0.261. The van der Waals surface area contributed by atoms with E-state index in [1.807, 2.05) is 13.0 Å². The summed E-state index contributed by atoms with van der Waals surface area (Å²) in [6.07, 6.45) is 0.983. The Morgan fingerprint density at radius 3 is 2.58 bits per heavy atom. The molecule has 0 saturated heterocycles. The van der Waals surface area contributed by atoms with Gasteiger partial charge in [0.2, 0.25) is 11.8 Å². The van der Waals surface area contributed by atoms with Crippen molar-refractivity contribution in [1.82, 2.24) is 15.0 Å². The molecule has 0 fully saturated rings. The number of pyridine rings is 1. The van der Waals surface area contributed by atoms with E-state index >= 15 is 0 Å². The molecule has 13 heteroatoms. The van der Waals surface area contributed by atoms with Gasteiger partial charge < -0.3 is 29.2 Å². The second kappa shape index (κ2) is 12.3. The second-order valence-electron chi connectivity index (χ2n) is 11.9. The van der Waals surface area contributed by atoms with Crippen molar-refractivity contribution < 1.29 is 28.7 Å². The topological polar surface area (TPSA) is 160 Å². The minimum absolute atomic E-state index is 0.153. The molecule has 3 aromatic rings. The molecule has 0 bridgehead atoms. The average Bonchev–Trinajstić information content (AvgIpc) is 3.25. The molecule has 0 radical (unpaired) electrons. The lowest BCUT2D eigenvalue weighted by molar-refractivity contribution is 0.0575. The van der Waals surface area contributed by atoms with Gasteiger partial charge in [0.15, 0.2) is 0 Å². The molecule has 0 unspecified atom stereocenters. The van der Waals surface area contributed by atoms with Gasteiger partial charge in [0.1, 0.15) is 36.5 Å². The largest absolute Gasteiger partial charge is 0.474 e. The molecule has 1 atom stereocenters. The van der Waals surface area contributed by atoms with Crippen molar-refractivity contribution in [3.05, 3.63) is 47.7 Å². The van der Waals surface area contributed by atoms with Gasteiger partial charge in [0.25, 0.3) is 0 Å². The highest BCUT2D eigenvalue weighted by molar-refractivity contribution is 7.69. The summed E-state index contributed by atoms with van der Waals surface area (Å²) in [6, 6.07) is 10.8. The Balaban J connectivity index is 1.73. The number of carbonyl (C=O) groups excluding carboxylic acids is 1. The Bertz CT molecular complexity index is 1610. The van der Waals surface area contributed by atoms with Crippen LogP contribution in [-0.2, 0) is 19.5 Å². The van der Waals surface area contributed by atoms with E-state index in [2.05, 4.69) is 26.3 Å². The molecule has 2 N–H and O–H groups in total. The number of fused-ring (bicyclic) bond motifs is 1. The molecule has 0 aliphatic carbocycles. The first-order valence-corrected chi connectivity index (χ1v) is 16.3. The molecule has 228 valence electrons. The second-order valence-corrected chi connectivity index (χ2v) is 15.1. The summed E-state index contributed by atoms with van der Waals surface area (Å²) in [6.45, 7) is 10.9. The van der Waals surface area contributed by atoms with E-state index in [-0.39, 0.29) is 37.2 Å². The maximum absolute atomic E-state index is 13.1. The highest BCUT2D eigenvalue weighted by Crippen LogP contribution is 2.45. The third-order valence-corrected chi connectivity index (χ3v) is 8.09. The van der Waals surface area contributed by atoms with Crippen LogP contribution in [0.4, 0.5) is 22.1 Å². The zero-order valence-electron chi connectivity index (χ0n) is 25.5. The van der Waals surface area contributed by atoms with E-state index in [0.717, 1.165) is 0 Å². The highest BCUT2D eigenvalue weighted by Gasteiger charge is 2.44. The van der Waals surface area contributed by atoms with E-state index in [9.17, 15) is 19.7 Å². The van der Waals surface area contributed by atoms with Gasteiger partial charge in [-0.1, -0.05) is 6.92 Å². The lowest BCUT2D eigenvalue weighted by atomic mass is 9.83. The number of carbonyl (C=O) groups is 1. The lowest BCUT2D eigenvalue weighted by Crippen LogP contribution is -2.40. The lowest BCUT2D eigenvalue weighted by Gasteiger charge is -2.26. The number of aliphatic hydroxyl groups excluding tert-OH is 1. The van der Waals surface area contributed by atoms with Gasteiger partial charge in [-0.25, -0.2) is 19.7 Å². The number of rotatable bonds is 9. The summed E-state index contributed by atoms with van der Waals surface area (Å²) < 4.78 is 29.1. The number of benzene rings is 1. The van der Waals surface area contributed by atoms with E-state index in [4.69, 9.17) is 14.2 Å². The molecule has 1 amide bonds. The smallest absolute Gasteiger partial charge is 0.414 e. The van der Waals surface area contributed by atoms with Crippen molar-refractivity contribution in [3.63, 3.8) is 0 Å². The summed E-state index contributed by atoms with van der Waals surface area (Å²) in [4.78, 5) is 28.0. The third-order valence-electron chi connectivity index (χ3n) is 6.74. The number of aromatic nitrogens is 3. The molecule has 3 heterocycles. The number of methoxy groups -OCH3 is 1. The number of nitrogens with zero attached hydrogens (tertiary/aromatic N) is 5. The van der Waals surface area contributed by atoms with Gasteiger partial charge in [0.05, 0.1) is 30.2 Å². The van der Waals surface area contributed by atoms with Crippen molar-refractivity contribution >= 4 is 36.0 Å². The van der Waals surface area contributed by atoms with Gasteiger partial charge >= 0.3 is 6.09 Å². The van der Waals surface area contributed by atoms with Gasteiger partial charge in [-0.15, -0.1) is 0 Å². The third kappa shape index (κ3) is 7.13. The van der Waals surface area contributed by atoms with Crippen LogP contribution in [-0.4, -0.2) is 78.6 Å². The van der Waals surface area contributed by atoms with Crippen LogP contribution in [0.3, 0.4) is 0 Å². The maximum Gasteiger partial charge on any atom is 0.414 e. The number of ether oxygens (including phenoxy) is 3. The molecule has 12 nitrogen and oxygen atoms in total. The first kappa shape index (κ1) is 31.9. The fraction of sp³-hybridized carbons (Fsp3) is 0.433. The van der Waals surface area contributed by atoms with Crippen LogP contribution in [0.25, 0.3) is 11.3 Å². The van der Waals surface area contributed by atoms with Gasteiger partial charge in [-0.05, 0) is 70.0 Å². The standard InChI is InChI=1S/C30H37N6O6P/c1-29(2,3)42-28(38)36-17-30(4,18-37)21-15-19(14-20(16-31)25(21)36)22-10-11-32-27(33-22)34-23-8-9-24(43(6,7)39)35-26(23)41-13-12-40-5/h8-11,14-15,37H,12-13,17-18H2,1-7H3,(H,32,33,34)/t30-/m1/s1. The summed E-state index contributed by atoms with van der Waals surface area (Å²) in [5.41, 5.74) is 1.75. The highest BCUT2D eigenvalue weighted by atomic mass is 31.2. The summed E-state index contributed by atoms with van der Waals surface area (Å²) >= 11 is 0. The number of amides is 1. The molecule has 0 spiro atoms. The number of aliphatic hydroxyl groups is 1. The molecular weight excluding hydrogens is 571 g/mol. The molecule has 1 aliphatic rings. The number of anilines is 3. The minimum atomic E-state index is -2.64. The first-order chi connectivity index (χ1) is 20.2. The zero-order chi connectivity index (χ0) is 31.6. The molecule has 2 aromatic heterocycles. The van der Waals surface area contributed by atoms with E-state index < -0.39 is 24.3 Å². The Morgan fingerprint density at radius 1 is 1.21 bits per heavy atom. The van der Waals surface area contributed by atoms with E-state index in [1.54, 1.807) is 71.7 Å². The Kier molecular flexibility index (Phi) is 9.11. The number of nitrogens with one attached hydrogen (secondary N) is 1. The van der Waals surface area contributed by atoms with Crippen LogP contribution in [0.2, 0.25) is 0 Å². The van der Waals surface area contributed by atoms with Crippen LogP contribution >= 0.6 is 7.14 Å². The van der Waals surface area contributed by atoms with Crippen molar-refractivity contribution in [2.24, 2.45) is 0 Å². The van der Waals surface area contributed by atoms with Crippen LogP contribution in [0.15, 0.2) is 36.5 Å². The molecule has 1 aromatic carbocycles. The fourth-order valence-electron chi connectivity index (χ4n) is 4.60. The fourth-order valence-corrected chi connectivity index (χ4v) is 5.36. The van der Waals surface area contributed by atoms with Crippen molar-refractivity contribution in [2.75, 3.05) is 57.0 Å². The van der Waals surface area contributed by atoms with Gasteiger partial charge in [-0.3, -0.25) is 4.90 Å². The summed E-state index contributed by atoms with van der Waals surface area (Å²) in [5.74, 6) is 0.469. The minimum Gasteiger partial charge on any atom is -0.474 e. The van der Waals surface area contributed by atoms with E-state index in [0.29, 0.717) is 40.2 Å². The Morgan fingerprint density at radius 2 is 1.95 bits per heavy atom. The van der Waals surface area contributed by atoms with Gasteiger partial charge in [-0.2, -0.15) is 5.26 Å². The van der Waals surface area contributed by atoms with Gasteiger partial charge in [0, 0.05) is 30.8 Å². The molecule has 1 aliphatic heterocycles. The predicted molar refractivity (Wildman–Crippen MR) is 164 cm³/mol. The Hall–Kier alpha value is -4.04. The summed E-state index contributed by atoms with van der Waals surface area (Å²) in [5, 5.41) is 23.6. The SMILES string of the molecule is COCCOc1nc(P(C)(C)=O)ccc1Nc1nccc(-c2cc(C#N)c3c(c2)[C@@](C)(CO)CN3C(=O)OC(C)(C)C)n1. The first-order valence-electron chi connectivity index (χ1n) is 13.7. The van der Waals surface area contributed by atoms with Crippen LogP contribution in [0, 0.1) is 11.3 Å². The monoisotopic (exact) mass is 608 g/mol. The van der Waals surface area contributed by atoms with Crippen LogP contribution in [0.1, 0.15) is 38.8 Å². The molecular formula is C30H37N6O6P. The van der Waals surface area contributed by atoms with Crippen molar-refractivity contribution in [1.29, 1.82) is 5.26 Å². The average molecular weight is 609 g/mol. The normalized spacial score (nSPS) is 16.4. The van der Waals surface area contributed by atoms with Crippen molar-refractivity contribution in [3.8, 4) is 23.2 Å². The van der Waals surface area contributed by atoms with Crippen molar-refractivity contribution in [2.45, 2.75) is 38.7 Å². The summed E-state index contributed by atoms with van der Waals surface area (Å²) in [7, 11) is -1.08. The zero-order valence-corrected chi connectivity index (χ0v) is 26.4. The number of nitriles is 1. The maximum atomic E-state index is 13.1. The molecule has 4 rings (SSSR count). The van der Waals surface area contributed by atoms with Crippen LogP contribution < -0.4 is 20.4 Å². The number of hydrogen-bond donors (Lipinski definition) is 2. The van der Waals surface area contributed by atoms with Crippen LogP contribution in [0.5, 0.6) is 5.88 Å².